The van der Waals surface area contributed by atoms with Gasteiger partial charge in [-0.2, -0.15) is 4.31 Å². The fourth-order valence-electron chi connectivity index (χ4n) is 4.64. The van der Waals surface area contributed by atoms with Gasteiger partial charge < -0.3 is 4.90 Å². The van der Waals surface area contributed by atoms with Gasteiger partial charge in [-0.05, 0) is 37.6 Å². The monoisotopic (exact) mass is 498 g/mol. The lowest BCUT2D eigenvalue weighted by molar-refractivity contribution is 0.383. The van der Waals surface area contributed by atoms with Crippen molar-refractivity contribution >= 4 is 15.8 Å². The minimum Gasteiger partial charge on any atom is -0.354 e. The molecule has 0 N–H and O–H groups in total. The van der Waals surface area contributed by atoms with Gasteiger partial charge >= 0.3 is 0 Å². The maximum Gasteiger partial charge on any atom is 0.243 e. The van der Waals surface area contributed by atoms with Gasteiger partial charge in [-0.15, -0.1) is 0 Å². The van der Waals surface area contributed by atoms with E-state index in [2.05, 4.69) is 36.1 Å². The normalized spacial score (nSPS) is 14.7. The number of nitrogens with zero attached hydrogens (tertiary/aromatic N) is 4. The van der Waals surface area contributed by atoms with Gasteiger partial charge in [-0.1, -0.05) is 72.3 Å². The highest BCUT2D eigenvalue weighted by Crippen LogP contribution is 2.29. The summed E-state index contributed by atoms with van der Waals surface area (Å²) < 4.78 is 27.9. The summed E-state index contributed by atoms with van der Waals surface area (Å²) in [4.78, 5) is 12.5. The fraction of sp³-hybridized carbons (Fsp3) is 0.241. The van der Waals surface area contributed by atoms with Crippen LogP contribution in [-0.2, 0) is 16.4 Å². The molecule has 0 bridgehead atoms. The summed E-state index contributed by atoms with van der Waals surface area (Å²) in [6, 6.07) is 27.2. The van der Waals surface area contributed by atoms with Crippen LogP contribution in [0.2, 0.25) is 0 Å². The van der Waals surface area contributed by atoms with Crippen LogP contribution < -0.4 is 4.90 Å². The van der Waals surface area contributed by atoms with Crippen LogP contribution in [0.3, 0.4) is 0 Å². The number of aromatic nitrogens is 2. The Kier molecular flexibility index (Phi) is 6.85. The van der Waals surface area contributed by atoms with Crippen LogP contribution in [0.5, 0.6) is 0 Å². The van der Waals surface area contributed by atoms with Crippen LogP contribution >= 0.6 is 0 Å². The number of aryl methyl sites for hydroxylation is 2. The molecule has 7 heteroatoms. The van der Waals surface area contributed by atoms with Crippen LogP contribution in [0.15, 0.2) is 89.8 Å². The zero-order chi connectivity index (χ0) is 25.1. The number of benzene rings is 3. The average molecular weight is 499 g/mol. The zero-order valence-corrected chi connectivity index (χ0v) is 21.4. The molecule has 0 amide bonds. The van der Waals surface area contributed by atoms with Crippen molar-refractivity contribution in [1.82, 2.24) is 14.3 Å². The second-order valence-corrected chi connectivity index (χ2v) is 11.1. The predicted molar refractivity (Wildman–Crippen MR) is 144 cm³/mol. The molecule has 0 unspecified atom stereocenters. The third-order valence-corrected chi connectivity index (χ3v) is 8.52. The molecule has 1 saturated heterocycles. The zero-order valence-electron chi connectivity index (χ0n) is 20.6. The van der Waals surface area contributed by atoms with Gasteiger partial charge in [0.1, 0.15) is 5.82 Å². The van der Waals surface area contributed by atoms with Crippen molar-refractivity contribution in [3.8, 4) is 11.4 Å². The van der Waals surface area contributed by atoms with Crippen LogP contribution in [0.4, 0.5) is 5.82 Å². The second kappa shape index (κ2) is 10.2. The van der Waals surface area contributed by atoms with Crippen molar-refractivity contribution in [2.75, 3.05) is 31.1 Å². The number of hydrogen-bond acceptors (Lipinski definition) is 5. The van der Waals surface area contributed by atoms with E-state index in [-0.39, 0.29) is 0 Å². The molecule has 1 aromatic heterocycles. The molecule has 0 atom stereocenters. The lowest BCUT2D eigenvalue weighted by atomic mass is 10.0. The minimum atomic E-state index is -3.52. The van der Waals surface area contributed by atoms with Gasteiger partial charge in [0.25, 0.3) is 0 Å². The van der Waals surface area contributed by atoms with E-state index in [1.54, 1.807) is 28.6 Å². The van der Waals surface area contributed by atoms with E-state index in [0.29, 0.717) is 36.9 Å². The molecular weight excluding hydrogens is 468 g/mol. The molecule has 0 saturated carbocycles. The lowest BCUT2D eigenvalue weighted by Crippen LogP contribution is -2.49. The van der Waals surface area contributed by atoms with E-state index in [1.165, 1.54) is 5.56 Å². The highest BCUT2D eigenvalue weighted by atomic mass is 32.2. The Bertz CT molecular complexity index is 1450. The first kappa shape index (κ1) is 24.2. The molecule has 5 rings (SSSR count). The van der Waals surface area contributed by atoms with Gasteiger partial charge in [0.05, 0.1) is 4.90 Å². The summed E-state index contributed by atoms with van der Waals surface area (Å²) in [7, 11) is -3.52. The fourth-order valence-corrected chi connectivity index (χ4v) is 6.09. The largest absolute Gasteiger partial charge is 0.354 e. The minimum absolute atomic E-state index is 0.336. The van der Waals surface area contributed by atoms with E-state index >= 15 is 0 Å². The van der Waals surface area contributed by atoms with Crippen molar-refractivity contribution in [3.05, 3.63) is 107 Å². The number of rotatable bonds is 6. The molecule has 0 spiro atoms. The maximum absolute atomic E-state index is 13.1. The molecule has 6 nitrogen and oxygen atoms in total. The van der Waals surface area contributed by atoms with Gasteiger partial charge in [0.2, 0.25) is 10.0 Å². The van der Waals surface area contributed by atoms with E-state index in [0.717, 1.165) is 34.6 Å². The number of sulfonamides is 1. The number of piperazine rings is 1. The van der Waals surface area contributed by atoms with E-state index < -0.39 is 10.0 Å². The Morgan fingerprint density at radius 3 is 2.11 bits per heavy atom. The highest BCUT2D eigenvalue weighted by Gasteiger charge is 2.30. The van der Waals surface area contributed by atoms with Crippen molar-refractivity contribution in [2.24, 2.45) is 0 Å². The quantitative estimate of drug-likeness (QED) is 0.380. The Morgan fingerprint density at radius 1 is 0.778 bits per heavy atom. The maximum atomic E-state index is 13.1. The summed E-state index contributed by atoms with van der Waals surface area (Å²) in [5.74, 6) is 1.59. The molecule has 1 aliphatic rings. The first-order valence-corrected chi connectivity index (χ1v) is 13.6. The van der Waals surface area contributed by atoms with Crippen molar-refractivity contribution < 1.29 is 8.42 Å². The van der Waals surface area contributed by atoms with Crippen molar-refractivity contribution in [3.63, 3.8) is 0 Å². The van der Waals surface area contributed by atoms with Gasteiger partial charge in [-0.25, -0.2) is 18.4 Å². The molecule has 4 aromatic rings. The van der Waals surface area contributed by atoms with E-state index in [4.69, 9.17) is 9.97 Å². The van der Waals surface area contributed by atoms with Crippen molar-refractivity contribution in [2.45, 2.75) is 25.2 Å². The molecule has 3 aromatic carbocycles. The van der Waals surface area contributed by atoms with E-state index in [9.17, 15) is 8.42 Å². The summed E-state index contributed by atoms with van der Waals surface area (Å²) in [6.45, 7) is 6.05. The van der Waals surface area contributed by atoms with Crippen LogP contribution in [-0.4, -0.2) is 48.9 Å². The van der Waals surface area contributed by atoms with Gasteiger partial charge in [0, 0.05) is 49.4 Å². The van der Waals surface area contributed by atoms with Crippen molar-refractivity contribution in [1.29, 1.82) is 0 Å². The Balaban J connectivity index is 1.48. The SMILES string of the molecule is Cc1cccc(-c2nc(C)c(Cc3ccccc3)c(N3CCN(S(=O)(=O)c4ccccc4)CC3)n2)c1. The average Bonchev–Trinajstić information content (AvgIpc) is 2.91. The topological polar surface area (TPSA) is 66.4 Å². The Labute approximate surface area is 213 Å². The van der Waals surface area contributed by atoms with Crippen LogP contribution in [0, 0.1) is 13.8 Å². The first-order chi connectivity index (χ1) is 17.4. The molecule has 36 heavy (non-hydrogen) atoms. The molecule has 184 valence electrons. The molecule has 2 heterocycles. The predicted octanol–water partition coefficient (Wildman–Crippen LogP) is 4.86. The summed E-state index contributed by atoms with van der Waals surface area (Å²) in [5, 5.41) is 0. The summed E-state index contributed by atoms with van der Waals surface area (Å²) >= 11 is 0. The van der Waals surface area contributed by atoms with Crippen LogP contribution in [0.25, 0.3) is 11.4 Å². The second-order valence-electron chi connectivity index (χ2n) is 9.17. The molecule has 0 aliphatic carbocycles. The standard InChI is InChI=1S/C29H30N4O2S/c1-22-10-9-13-25(20-22)28-30-23(2)27(21-24-11-5-3-6-12-24)29(31-28)32-16-18-33(19-17-32)36(34,35)26-14-7-4-8-15-26/h3-15,20H,16-19,21H2,1-2H3. The van der Waals surface area contributed by atoms with Crippen LogP contribution in [0.1, 0.15) is 22.4 Å². The molecule has 1 fully saturated rings. The molecule has 0 radical (unpaired) electrons. The highest BCUT2D eigenvalue weighted by molar-refractivity contribution is 7.89. The lowest BCUT2D eigenvalue weighted by Gasteiger charge is -2.36. The number of anilines is 1. The summed E-state index contributed by atoms with van der Waals surface area (Å²) in [6.07, 6.45) is 0.721. The summed E-state index contributed by atoms with van der Waals surface area (Å²) in [5.41, 5.74) is 5.36. The smallest absolute Gasteiger partial charge is 0.243 e. The molecule has 1 aliphatic heterocycles. The van der Waals surface area contributed by atoms with Gasteiger partial charge in [-0.3, -0.25) is 0 Å². The molecular formula is C29H30N4O2S. The Morgan fingerprint density at radius 2 is 1.44 bits per heavy atom. The third-order valence-electron chi connectivity index (χ3n) is 6.61. The third kappa shape index (κ3) is 5.03. The van der Waals surface area contributed by atoms with Gasteiger partial charge in [0.15, 0.2) is 5.82 Å². The number of hydrogen-bond donors (Lipinski definition) is 0. The van der Waals surface area contributed by atoms with E-state index in [1.807, 2.05) is 43.3 Å². The first-order valence-electron chi connectivity index (χ1n) is 12.2. The Hall–Kier alpha value is -3.55.